The summed E-state index contributed by atoms with van der Waals surface area (Å²) < 4.78 is 8.55. The molecule has 4 radical (unpaired) electrons. The molecule has 0 aliphatic carbocycles. The summed E-state index contributed by atoms with van der Waals surface area (Å²) in [6.07, 6.45) is 0. The topological polar surface area (TPSA) is 86.2 Å². The zero-order valence-corrected chi connectivity index (χ0v) is 6.33. The van der Waals surface area contributed by atoms with Gasteiger partial charge in [-0.3, -0.25) is 0 Å². The maximum Gasteiger partial charge on any atom is 0 e. The Bertz CT molecular complexity index is 53.7. The number of phosphoric acid groups is 1. The normalized spacial score (nSPS) is 9.83. The molecule has 0 fully saturated rings. The average Bonchev–Trinajstić information content (AvgIpc) is 0.722. The first-order valence-electron chi connectivity index (χ1n) is 0.730. The van der Waals surface area contributed by atoms with Crippen LogP contribution >= 0.6 is 7.82 Å². The van der Waals surface area contributed by atoms with Crippen LogP contribution in [-0.4, -0.2) is 23.9 Å². The molecule has 4 nitrogen and oxygen atoms in total. The molecule has 0 rings (SSSR count). The fourth-order valence-corrected chi connectivity index (χ4v) is 0. The van der Waals surface area contributed by atoms with Gasteiger partial charge in [0.25, 0.3) is 0 Å². The van der Waals surface area contributed by atoms with E-state index < -0.39 is 7.82 Å². The van der Waals surface area contributed by atoms with E-state index in [1.807, 2.05) is 0 Å². The number of hydrogen-bond acceptors (Lipinski definition) is 4. The summed E-state index contributed by atoms with van der Waals surface area (Å²) in [4.78, 5) is 25.6. The molecule has 0 aromatic carbocycles. The second-order valence-electron chi connectivity index (χ2n) is 0.447. The molecule has 0 aliphatic heterocycles. The van der Waals surface area contributed by atoms with E-state index in [1.165, 1.54) is 0 Å². The summed E-state index contributed by atoms with van der Waals surface area (Å²) in [7, 11) is -5.39. The summed E-state index contributed by atoms with van der Waals surface area (Å²) >= 11 is 0. The minimum atomic E-state index is -5.39. The van der Waals surface area contributed by atoms with Crippen LogP contribution in [-0.2, 0) is 4.57 Å². The number of hydrogen-bond donors (Lipinski definition) is 0. The van der Waals surface area contributed by atoms with Crippen molar-refractivity contribution in [3.63, 3.8) is 0 Å². The Morgan fingerprint density at radius 1 is 1.17 bits per heavy atom. The summed E-state index contributed by atoms with van der Waals surface area (Å²) in [6.45, 7) is 0. The van der Waals surface area contributed by atoms with Crippen molar-refractivity contribution in [2.24, 2.45) is 0 Å². The van der Waals surface area contributed by atoms with Gasteiger partial charge in [0, 0.05) is 23.9 Å². The molecule has 0 spiro atoms. The molecule has 0 unspecified atom stereocenters. The van der Waals surface area contributed by atoms with Crippen molar-refractivity contribution in [1.29, 1.82) is 0 Å². The Morgan fingerprint density at radius 3 is 1.17 bits per heavy atom. The van der Waals surface area contributed by atoms with Crippen molar-refractivity contribution in [3.05, 3.63) is 0 Å². The third-order valence-corrected chi connectivity index (χ3v) is 0. The summed E-state index contributed by atoms with van der Waals surface area (Å²) in [5, 5.41) is 0. The van der Waals surface area contributed by atoms with Gasteiger partial charge in [-0.15, -0.1) is 0 Å². The first-order valence-corrected chi connectivity index (χ1v) is 2.19. The SMILES string of the molecule is O=P([O-])([O-])[O-].[Sn]. The Balaban J connectivity index is 0. The fourth-order valence-electron chi connectivity index (χ4n) is 0. The van der Waals surface area contributed by atoms with E-state index in [2.05, 4.69) is 0 Å². The first kappa shape index (κ1) is 10.0. The van der Waals surface area contributed by atoms with Gasteiger partial charge in [0.2, 0.25) is 0 Å². The van der Waals surface area contributed by atoms with E-state index in [1.54, 1.807) is 0 Å². The number of rotatable bonds is 0. The van der Waals surface area contributed by atoms with Gasteiger partial charge >= 0.3 is 0 Å². The van der Waals surface area contributed by atoms with Gasteiger partial charge in [-0.1, -0.05) is 0 Å². The largest absolute Gasteiger partial charge is 0.822 e. The van der Waals surface area contributed by atoms with Crippen LogP contribution in [0.15, 0.2) is 0 Å². The molecule has 0 aliphatic rings. The summed E-state index contributed by atoms with van der Waals surface area (Å²) in [6, 6.07) is 0. The maximum absolute atomic E-state index is 8.55. The van der Waals surface area contributed by atoms with Gasteiger partial charge in [0.15, 0.2) is 0 Å². The van der Waals surface area contributed by atoms with E-state index in [9.17, 15) is 0 Å². The first-order chi connectivity index (χ1) is 2.00. The van der Waals surface area contributed by atoms with E-state index in [0.29, 0.717) is 0 Å². The molecule has 0 N–H and O–H groups in total. The molecule has 0 aromatic rings. The molecule has 6 heteroatoms. The van der Waals surface area contributed by atoms with Crippen molar-refractivity contribution < 1.29 is 19.2 Å². The molecule has 0 amide bonds. The van der Waals surface area contributed by atoms with Crippen molar-refractivity contribution in [2.75, 3.05) is 0 Å². The van der Waals surface area contributed by atoms with Crippen LogP contribution in [0.25, 0.3) is 0 Å². The quantitative estimate of drug-likeness (QED) is 0.313. The molecule has 0 saturated heterocycles. The van der Waals surface area contributed by atoms with Gasteiger partial charge in [0.1, 0.15) is 0 Å². The summed E-state index contributed by atoms with van der Waals surface area (Å²) in [5.41, 5.74) is 0. The van der Waals surface area contributed by atoms with Crippen LogP contribution < -0.4 is 14.7 Å². The fraction of sp³-hybridized carbons (Fsp3) is 0. The molecule has 0 aromatic heterocycles. The maximum atomic E-state index is 8.55. The predicted molar refractivity (Wildman–Crippen MR) is 13.4 cm³/mol. The van der Waals surface area contributed by atoms with Crippen molar-refractivity contribution in [2.45, 2.75) is 0 Å². The average molecular weight is 214 g/mol. The van der Waals surface area contributed by atoms with E-state index in [4.69, 9.17) is 19.2 Å². The Hall–Kier alpha value is 0.909. The van der Waals surface area contributed by atoms with Crippen LogP contribution in [0.5, 0.6) is 0 Å². The standard InChI is InChI=1S/H3O4P.Sn/c1-5(2,3)4;/h(H3,1,2,3,4);/p-3. The minimum absolute atomic E-state index is 0. The molecular formula is O4PSn-3. The minimum Gasteiger partial charge on any atom is -0.822 e. The molecule has 0 heterocycles. The van der Waals surface area contributed by atoms with Crippen molar-refractivity contribution >= 4 is 31.7 Å². The molecular weight excluding hydrogens is 214 g/mol. The van der Waals surface area contributed by atoms with Crippen LogP contribution in [0.3, 0.4) is 0 Å². The van der Waals surface area contributed by atoms with Crippen LogP contribution in [0.2, 0.25) is 0 Å². The molecule has 0 bridgehead atoms. The van der Waals surface area contributed by atoms with E-state index in [-0.39, 0.29) is 23.9 Å². The molecule has 0 atom stereocenters. The van der Waals surface area contributed by atoms with Gasteiger partial charge < -0.3 is 19.2 Å². The smallest absolute Gasteiger partial charge is 0 e. The Morgan fingerprint density at radius 2 is 1.17 bits per heavy atom. The monoisotopic (exact) mass is 215 g/mol. The van der Waals surface area contributed by atoms with E-state index in [0.717, 1.165) is 0 Å². The van der Waals surface area contributed by atoms with Crippen LogP contribution in [0.1, 0.15) is 0 Å². The van der Waals surface area contributed by atoms with Gasteiger partial charge in [-0.2, -0.15) is 7.82 Å². The third kappa shape index (κ3) is 90.8. The second kappa shape index (κ2) is 2.98. The summed E-state index contributed by atoms with van der Waals surface area (Å²) in [5.74, 6) is 0. The zero-order chi connectivity index (χ0) is 4.50. The third-order valence-electron chi connectivity index (χ3n) is 0. The molecule has 6 heavy (non-hydrogen) atoms. The van der Waals surface area contributed by atoms with Gasteiger partial charge in [0.05, 0.1) is 0 Å². The van der Waals surface area contributed by atoms with Gasteiger partial charge in [-0.05, 0) is 0 Å². The zero-order valence-electron chi connectivity index (χ0n) is 2.58. The van der Waals surface area contributed by atoms with Crippen molar-refractivity contribution in [3.8, 4) is 0 Å². The van der Waals surface area contributed by atoms with Crippen molar-refractivity contribution in [1.82, 2.24) is 0 Å². The van der Waals surface area contributed by atoms with Crippen LogP contribution in [0, 0.1) is 0 Å². The predicted octanol–water partition coefficient (Wildman–Crippen LogP) is -3.21. The Labute approximate surface area is 51.4 Å². The van der Waals surface area contributed by atoms with E-state index >= 15 is 0 Å². The Kier molecular flexibility index (Phi) is 4.98. The second-order valence-corrected chi connectivity index (χ2v) is 1.34. The molecule has 36 valence electrons. The van der Waals surface area contributed by atoms with Crippen LogP contribution in [0.4, 0.5) is 0 Å². The van der Waals surface area contributed by atoms with Gasteiger partial charge in [-0.25, -0.2) is 0 Å². The molecule has 0 saturated carbocycles.